The van der Waals surface area contributed by atoms with Crippen LogP contribution in [0.3, 0.4) is 0 Å². The number of urea groups is 1. The summed E-state index contributed by atoms with van der Waals surface area (Å²) in [5, 5.41) is 5.29. The van der Waals surface area contributed by atoms with Gasteiger partial charge in [-0.25, -0.2) is 4.79 Å². The summed E-state index contributed by atoms with van der Waals surface area (Å²) in [5.41, 5.74) is 6.57. The van der Waals surface area contributed by atoms with E-state index in [1.165, 1.54) is 0 Å². The van der Waals surface area contributed by atoms with E-state index in [1.54, 1.807) is 12.1 Å². The second-order valence-electron chi connectivity index (χ2n) is 4.87. The summed E-state index contributed by atoms with van der Waals surface area (Å²) >= 11 is 0. The molecule has 2 aromatic carbocycles. The molecule has 0 saturated carbocycles. The standard InChI is InChI=1S/C17H19N3O3/c18-17(22)20-14-8-6-13(7-9-14)12-19-16(21)10-11-23-15-4-2-1-3-5-15/h1-9H,10-12H2,(H,19,21)(H3,18,20,22). The fourth-order valence-electron chi connectivity index (χ4n) is 1.92. The fourth-order valence-corrected chi connectivity index (χ4v) is 1.92. The second kappa shape index (κ2) is 8.43. The lowest BCUT2D eigenvalue weighted by Gasteiger charge is -2.08. The molecule has 0 heterocycles. The maximum Gasteiger partial charge on any atom is 0.316 e. The van der Waals surface area contributed by atoms with Crippen LogP contribution in [0.15, 0.2) is 54.6 Å². The molecule has 0 aromatic heterocycles. The molecule has 0 aliphatic rings. The molecule has 0 aliphatic carbocycles. The highest BCUT2D eigenvalue weighted by molar-refractivity contribution is 5.87. The minimum absolute atomic E-state index is 0.0831. The van der Waals surface area contributed by atoms with Crippen LogP contribution in [0.5, 0.6) is 5.75 Å². The fraction of sp³-hybridized carbons (Fsp3) is 0.176. The van der Waals surface area contributed by atoms with Gasteiger partial charge in [0.15, 0.2) is 0 Å². The maximum absolute atomic E-state index is 11.8. The first-order valence-electron chi connectivity index (χ1n) is 7.23. The van der Waals surface area contributed by atoms with Crippen LogP contribution in [0, 0.1) is 0 Å². The molecule has 120 valence electrons. The Balaban J connectivity index is 1.68. The van der Waals surface area contributed by atoms with Crippen molar-refractivity contribution in [1.29, 1.82) is 0 Å². The number of benzene rings is 2. The Hall–Kier alpha value is -3.02. The maximum atomic E-state index is 11.8. The first-order valence-corrected chi connectivity index (χ1v) is 7.23. The minimum Gasteiger partial charge on any atom is -0.493 e. The van der Waals surface area contributed by atoms with E-state index in [0.29, 0.717) is 18.8 Å². The molecule has 0 aliphatic heterocycles. The summed E-state index contributed by atoms with van der Waals surface area (Å²) in [5.74, 6) is 0.665. The number of hydrogen-bond acceptors (Lipinski definition) is 3. The molecular formula is C17H19N3O3. The van der Waals surface area contributed by atoms with Crippen molar-refractivity contribution in [3.63, 3.8) is 0 Å². The molecule has 0 unspecified atom stereocenters. The van der Waals surface area contributed by atoms with Gasteiger partial charge in [-0.1, -0.05) is 30.3 Å². The van der Waals surface area contributed by atoms with Gasteiger partial charge in [0.1, 0.15) is 5.75 Å². The topological polar surface area (TPSA) is 93.5 Å². The van der Waals surface area contributed by atoms with E-state index in [0.717, 1.165) is 11.3 Å². The average molecular weight is 313 g/mol. The van der Waals surface area contributed by atoms with Gasteiger partial charge in [-0.2, -0.15) is 0 Å². The van der Waals surface area contributed by atoms with Crippen molar-refractivity contribution < 1.29 is 14.3 Å². The number of ether oxygens (including phenoxy) is 1. The van der Waals surface area contributed by atoms with Crippen molar-refractivity contribution in [3.8, 4) is 5.75 Å². The molecule has 3 amide bonds. The molecule has 0 saturated heterocycles. The van der Waals surface area contributed by atoms with Crippen molar-refractivity contribution in [2.24, 2.45) is 5.73 Å². The van der Waals surface area contributed by atoms with Crippen molar-refractivity contribution in [2.45, 2.75) is 13.0 Å². The van der Waals surface area contributed by atoms with E-state index in [1.807, 2.05) is 42.5 Å². The van der Waals surface area contributed by atoms with Crippen LogP contribution in [0.1, 0.15) is 12.0 Å². The average Bonchev–Trinajstić information content (AvgIpc) is 2.55. The number of primary amides is 1. The summed E-state index contributed by atoms with van der Waals surface area (Å²) in [6, 6.07) is 15.8. The van der Waals surface area contributed by atoms with Crippen molar-refractivity contribution >= 4 is 17.6 Å². The van der Waals surface area contributed by atoms with E-state index >= 15 is 0 Å². The van der Waals surface area contributed by atoms with Crippen LogP contribution in [-0.4, -0.2) is 18.5 Å². The van der Waals surface area contributed by atoms with Gasteiger partial charge in [0.05, 0.1) is 13.0 Å². The highest BCUT2D eigenvalue weighted by Gasteiger charge is 2.03. The van der Waals surface area contributed by atoms with E-state index in [-0.39, 0.29) is 12.3 Å². The number of rotatable bonds is 7. The predicted octanol–water partition coefficient (Wildman–Crippen LogP) is 2.26. The number of nitrogens with two attached hydrogens (primary N) is 1. The van der Waals surface area contributed by atoms with Crippen LogP contribution in [0.25, 0.3) is 0 Å². The summed E-state index contributed by atoms with van der Waals surface area (Å²) < 4.78 is 5.47. The third kappa shape index (κ3) is 6.09. The number of nitrogens with one attached hydrogen (secondary N) is 2. The largest absolute Gasteiger partial charge is 0.493 e. The van der Waals surface area contributed by atoms with Gasteiger partial charge in [-0.05, 0) is 29.8 Å². The number of anilines is 1. The summed E-state index contributed by atoms with van der Waals surface area (Å²) in [7, 11) is 0. The lowest BCUT2D eigenvalue weighted by Crippen LogP contribution is -2.24. The third-order valence-electron chi connectivity index (χ3n) is 3.05. The number of hydrogen-bond donors (Lipinski definition) is 3. The Morgan fingerprint density at radius 2 is 1.70 bits per heavy atom. The van der Waals surface area contributed by atoms with Crippen LogP contribution in [0.2, 0.25) is 0 Å². The molecular weight excluding hydrogens is 294 g/mol. The molecule has 0 fully saturated rings. The lowest BCUT2D eigenvalue weighted by atomic mass is 10.2. The van der Waals surface area contributed by atoms with Gasteiger partial charge in [0.2, 0.25) is 5.91 Å². The molecule has 2 aromatic rings. The van der Waals surface area contributed by atoms with E-state index in [9.17, 15) is 9.59 Å². The molecule has 23 heavy (non-hydrogen) atoms. The first-order chi connectivity index (χ1) is 11.1. The van der Waals surface area contributed by atoms with Gasteiger partial charge in [0.25, 0.3) is 0 Å². The minimum atomic E-state index is -0.607. The molecule has 0 spiro atoms. The molecule has 6 nitrogen and oxygen atoms in total. The SMILES string of the molecule is NC(=O)Nc1ccc(CNC(=O)CCOc2ccccc2)cc1. The number of amides is 3. The molecule has 0 radical (unpaired) electrons. The van der Waals surface area contributed by atoms with Gasteiger partial charge >= 0.3 is 6.03 Å². The van der Waals surface area contributed by atoms with Gasteiger partial charge < -0.3 is 21.1 Å². The predicted molar refractivity (Wildman–Crippen MR) is 88.0 cm³/mol. The van der Waals surface area contributed by atoms with E-state index in [4.69, 9.17) is 10.5 Å². The monoisotopic (exact) mass is 313 g/mol. The Bertz CT molecular complexity index is 642. The zero-order valence-corrected chi connectivity index (χ0v) is 12.6. The molecule has 2 rings (SSSR count). The quantitative estimate of drug-likeness (QED) is 0.732. The number of para-hydroxylation sites is 1. The third-order valence-corrected chi connectivity index (χ3v) is 3.05. The summed E-state index contributed by atoms with van der Waals surface area (Å²) in [6.07, 6.45) is 0.288. The van der Waals surface area contributed by atoms with E-state index in [2.05, 4.69) is 10.6 Å². The van der Waals surface area contributed by atoms with Gasteiger partial charge in [0, 0.05) is 12.2 Å². The van der Waals surface area contributed by atoms with Crippen molar-refractivity contribution in [3.05, 3.63) is 60.2 Å². The van der Waals surface area contributed by atoms with Gasteiger partial charge in [-0.15, -0.1) is 0 Å². The normalized spacial score (nSPS) is 9.91. The zero-order chi connectivity index (χ0) is 16.5. The van der Waals surface area contributed by atoms with Crippen LogP contribution in [0.4, 0.5) is 10.5 Å². The molecule has 4 N–H and O–H groups in total. The molecule has 0 atom stereocenters. The summed E-state index contributed by atoms with van der Waals surface area (Å²) in [6.45, 7) is 0.748. The smallest absolute Gasteiger partial charge is 0.316 e. The van der Waals surface area contributed by atoms with Gasteiger partial charge in [-0.3, -0.25) is 4.79 Å². The van der Waals surface area contributed by atoms with Crippen LogP contribution >= 0.6 is 0 Å². The highest BCUT2D eigenvalue weighted by Crippen LogP contribution is 2.10. The second-order valence-corrected chi connectivity index (χ2v) is 4.87. The Morgan fingerprint density at radius 1 is 1.00 bits per heavy atom. The zero-order valence-electron chi connectivity index (χ0n) is 12.6. The van der Waals surface area contributed by atoms with Crippen LogP contribution in [-0.2, 0) is 11.3 Å². The molecule has 6 heteroatoms. The van der Waals surface area contributed by atoms with E-state index < -0.39 is 6.03 Å². The number of carbonyl (C=O) groups is 2. The lowest BCUT2D eigenvalue weighted by molar-refractivity contribution is -0.121. The first kappa shape index (κ1) is 16.4. The Morgan fingerprint density at radius 3 is 2.35 bits per heavy atom. The Labute approximate surface area is 134 Å². The number of carbonyl (C=O) groups excluding carboxylic acids is 2. The Kier molecular flexibility index (Phi) is 5.99. The van der Waals surface area contributed by atoms with Crippen molar-refractivity contribution in [1.82, 2.24) is 5.32 Å². The van der Waals surface area contributed by atoms with Crippen LogP contribution < -0.4 is 21.1 Å². The summed E-state index contributed by atoms with van der Waals surface area (Å²) in [4.78, 5) is 22.5. The highest BCUT2D eigenvalue weighted by atomic mass is 16.5. The molecule has 0 bridgehead atoms. The van der Waals surface area contributed by atoms with Crippen molar-refractivity contribution in [2.75, 3.05) is 11.9 Å².